The van der Waals surface area contributed by atoms with Gasteiger partial charge in [-0.15, -0.1) is 0 Å². The van der Waals surface area contributed by atoms with Crippen molar-refractivity contribution in [1.29, 1.82) is 0 Å². The van der Waals surface area contributed by atoms with Crippen molar-refractivity contribution in [3.8, 4) is 5.75 Å². The number of nitrogens with one attached hydrogen (secondary N) is 1. The van der Waals surface area contributed by atoms with E-state index in [1.807, 2.05) is 36.4 Å². The molecular weight excluding hydrogens is 302 g/mol. The average molecular weight is 318 g/mol. The molecule has 2 aromatic carbocycles. The molecule has 0 radical (unpaired) electrons. The highest BCUT2D eigenvalue weighted by molar-refractivity contribution is 9.10. The summed E-state index contributed by atoms with van der Waals surface area (Å²) in [4.78, 5) is 0. The summed E-state index contributed by atoms with van der Waals surface area (Å²) >= 11 is 3.46. The van der Waals surface area contributed by atoms with Gasteiger partial charge in [0.05, 0.1) is 7.11 Å². The van der Waals surface area contributed by atoms with Crippen LogP contribution in [0.2, 0.25) is 0 Å². The Morgan fingerprint density at radius 3 is 2.68 bits per heavy atom. The van der Waals surface area contributed by atoms with Gasteiger partial charge < -0.3 is 10.1 Å². The molecule has 0 unspecified atom stereocenters. The van der Waals surface area contributed by atoms with Gasteiger partial charge in [0.15, 0.2) is 0 Å². The molecule has 2 rings (SSSR count). The second kappa shape index (κ2) is 7.00. The van der Waals surface area contributed by atoms with E-state index in [-0.39, 0.29) is 0 Å². The molecule has 0 aliphatic rings. The highest BCUT2D eigenvalue weighted by Gasteiger charge is 1.97. The van der Waals surface area contributed by atoms with Crippen LogP contribution in [0.3, 0.4) is 0 Å². The minimum Gasteiger partial charge on any atom is -0.497 e. The third-order valence-electron chi connectivity index (χ3n) is 2.64. The molecule has 0 saturated heterocycles. The molecule has 0 saturated carbocycles. The fourth-order valence-corrected chi connectivity index (χ4v) is 2.19. The molecule has 0 aliphatic carbocycles. The monoisotopic (exact) mass is 317 g/mol. The molecule has 3 heteroatoms. The standard InChI is InChI=1S/C16H16BrNO/c1-19-16-11-14(17)10-15(12-16)18-9-5-8-13-6-3-2-4-7-13/h2-8,10-12,18H,9H2,1H3/b8-5+. The average Bonchev–Trinajstić information content (AvgIpc) is 2.44. The number of rotatable bonds is 5. The lowest BCUT2D eigenvalue weighted by atomic mass is 10.2. The van der Waals surface area contributed by atoms with E-state index in [9.17, 15) is 0 Å². The number of benzene rings is 2. The first-order valence-corrected chi connectivity index (χ1v) is 6.87. The van der Waals surface area contributed by atoms with E-state index in [2.05, 4.69) is 45.5 Å². The normalized spacial score (nSPS) is 10.6. The number of hydrogen-bond acceptors (Lipinski definition) is 2. The predicted molar refractivity (Wildman–Crippen MR) is 84.7 cm³/mol. The Kier molecular flexibility index (Phi) is 5.04. The number of hydrogen-bond donors (Lipinski definition) is 1. The van der Waals surface area contributed by atoms with Crippen molar-refractivity contribution in [2.24, 2.45) is 0 Å². The molecule has 98 valence electrons. The van der Waals surface area contributed by atoms with E-state index in [0.717, 1.165) is 22.5 Å². The molecule has 1 N–H and O–H groups in total. The summed E-state index contributed by atoms with van der Waals surface area (Å²) in [6, 6.07) is 16.2. The summed E-state index contributed by atoms with van der Waals surface area (Å²) in [6.45, 7) is 0.772. The number of ether oxygens (including phenoxy) is 1. The number of anilines is 1. The van der Waals surface area contributed by atoms with E-state index in [0.29, 0.717) is 0 Å². The summed E-state index contributed by atoms with van der Waals surface area (Å²) in [7, 11) is 1.67. The topological polar surface area (TPSA) is 21.3 Å². The van der Waals surface area contributed by atoms with E-state index in [1.165, 1.54) is 5.56 Å². The Hall–Kier alpha value is -1.74. The van der Waals surface area contributed by atoms with Gasteiger partial charge in [-0.3, -0.25) is 0 Å². The molecule has 19 heavy (non-hydrogen) atoms. The second-order valence-electron chi connectivity index (χ2n) is 4.07. The van der Waals surface area contributed by atoms with E-state index in [4.69, 9.17) is 4.74 Å². The van der Waals surface area contributed by atoms with Crippen LogP contribution in [-0.2, 0) is 0 Å². The highest BCUT2D eigenvalue weighted by atomic mass is 79.9. The summed E-state index contributed by atoms with van der Waals surface area (Å²) < 4.78 is 6.22. The van der Waals surface area contributed by atoms with Gasteiger partial charge in [0, 0.05) is 22.8 Å². The van der Waals surface area contributed by atoms with Crippen molar-refractivity contribution < 1.29 is 4.74 Å². The van der Waals surface area contributed by atoms with Crippen molar-refractivity contribution in [1.82, 2.24) is 0 Å². The molecule has 0 aromatic heterocycles. The Morgan fingerprint density at radius 1 is 1.16 bits per heavy atom. The Labute approximate surface area is 122 Å². The lowest BCUT2D eigenvalue weighted by Gasteiger charge is -2.07. The first-order chi connectivity index (χ1) is 9.28. The molecule has 0 bridgehead atoms. The maximum Gasteiger partial charge on any atom is 0.122 e. The Morgan fingerprint density at radius 2 is 1.95 bits per heavy atom. The van der Waals surface area contributed by atoms with Gasteiger partial charge in [0.1, 0.15) is 5.75 Å². The van der Waals surface area contributed by atoms with Gasteiger partial charge in [0.25, 0.3) is 0 Å². The molecule has 0 heterocycles. The molecule has 2 aromatic rings. The molecular formula is C16H16BrNO. The Bertz CT molecular complexity index is 552. The van der Waals surface area contributed by atoms with Crippen LogP contribution in [0.25, 0.3) is 6.08 Å². The van der Waals surface area contributed by atoms with E-state index < -0.39 is 0 Å². The van der Waals surface area contributed by atoms with Crippen LogP contribution in [0.15, 0.2) is 59.1 Å². The molecule has 0 fully saturated rings. The van der Waals surface area contributed by atoms with Crippen molar-refractivity contribution in [3.63, 3.8) is 0 Å². The van der Waals surface area contributed by atoms with Crippen LogP contribution in [0.4, 0.5) is 5.69 Å². The zero-order chi connectivity index (χ0) is 13.5. The van der Waals surface area contributed by atoms with Crippen LogP contribution < -0.4 is 10.1 Å². The van der Waals surface area contributed by atoms with Crippen molar-refractivity contribution in [2.45, 2.75) is 0 Å². The molecule has 0 aliphatic heterocycles. The SMILES string of the molecule is COc1cc(Br)cc(NC/C=C/c2ccccc2)c1. The summed E-state index contributed by atoms with van der Waals surface area (Å²) in [5.74, 6) is 0.837. The van der Waals surface area contributed by atoms with Gasteiger partial charge in [-0.2, -0.15) is 0 Å². The fourth-order valence-electron chi connectivity index (χ4n) is 1.72. The molecule has 2 nitrogen and oxygen atoms in total. The smallest absolute Gasteiger partial charge is 0.122 e. The maximum atomic E-state index is 5.22. The van der Waals surface area contributed by atoms with Gasteiger partial charge in [-0.1, -0.05) is 58.4 Å². The van der Waals surface area contributed by atoms with Crippen LogP contribution >= 0.6 is 15.9 Å². The van der Waals surface area contributed by atoms with Crippen LogP contribution in [0, 0.1) is 0 Å². The van der Waals surface area contributed by atoms with Crippen molar-refractivity contribution in [3.05, 3.63) is 64.6 Å². The van der Waals surface area contributed by atoms with Crippen LogP contribution in [0.1, 0.15) is 5.56 Å². The van der Waals surface area contributed by atoms with Gasteiger partial charge >= 0.3 is 0 Å². The third-order valence-corrected chi connectivity index (χ3v) is 3.10. The largest absolute Gasteiger partial charge is 0.497 e. The van der Waals surface area contributed by atoms with Gasteiger partial charge in [-0.25, -0.2) is 0 Å². The lowest BCUT2D eigenvalue weighted by Crippen LogP contribution is -1.98. The number of methoxy groups -OCH3 is 1. The van der Waals surface area contributed by atoms with Crippen molar-refractivity contribution in [2.75, 3.05) is 19.0 Å². The zero-order valence-corrected chi connectivity index (χ0v) is 12.4. The van der Waals surface area contributed by atoms with Crippen molar-refractivity contribution >= 4 is 27.7 Å². The minimum absolute atomic E-state index is 0.772. The third kappa shape index (κ3) is 4.45. The Balaban J connectivity index is 1.92. The molecule has 0 amide bonds. The zero-order valence-electron chi connectivity index (χ0n) is 10.8. The summed E-state index contributed by atoms with van der Waals surface area (Å²) in [6.07, 6.45) is 4.20. The predicted octanol–water partition coefficient (Wildman–Crippen LogP) is 4.58. The quantitative estimate of drug-likeness (QED) is 0.871. The van der Waals surface area contributed by atoms with E-state index in [1.54, 1.807) is 7.11 Å². The molecule has 0 spiro atoms. The molecule has 0 atom stereocenters. The maximum absolute atomic E-state index is 5.22. The summed E-state index contributed by atoms with van der Waals surface area (Å²) in [5, 5.41) is 3.33. The number of halogens is 1. The highest BCUT2D eigenvalue weighted by Crippen LogP contribution is 2.24. The minimum atomic E-state index is 0.772. The van der Waals surface area contributed by atoms with Gasteiger partial charge in [-0.05, 0) is 17.7 Å². The second-order valence-corrected chi connectivity index (χ2v) is 4.99. The summed E-state index contributed by atoms with van der Waals surface area (Å²) in [5.41, 5.74) is 2.24. The first kappa shape index (κ1) is 13.7. The van der Waals surface area contributed by atoms with Crippen LogP contribution in [0.5, 0.6) is 5.75 Å². The van der Waals surface area contributed by atoms with Crippen LogP contribution in [-0.4, -0.2) is 13.7 Å². The van der Waals surface area contributed by atoms with Gasteiger partial charge in [0.2, 0.25) is 0 Å². The van der Waals surface area contributed by atoms with E-state index >= 15 is 0 Å². The first-order valence-electron chi connectivity index (χ1n) is 6.08. The fraction of sp³-hybridized carbons (Fsp3) is 0.125. The lowest BCUT2D eigenvalue weighted by molar-refractivity contribution is 0.414.